The second-order valence-electron chi connectivity index (χ2n) is 7.02. The Kier molecular flexibility index (Phi) is 4.98. The molecule has 9 heteroatoms. The molecule has 0 radical (unpaired) electrons. The van der Waals surface area contributed by atoms with Gasteiger partial charge in [-0.25, -0.2) is 16.8 Å². The van der Waals surface area contributed by atoms with Crippen LogP contribution >= 0.6 is 0 Å². The Bertz CT molecular complexity index is 1050. The Morgan fingerprint density at radius 2 is 1.59 bits per heavy atom. The van der Waals surface area contributed by atoms with E-state index in [2.05, 4.69) is 0 Å². The molecule has 0 aliphatic carbocycles. The predicted molar refractivity (Wildman–Crippen MR) is 104 cm³/mol. The van der Waals surface area contributed by atoms with Crippen LogP contribution in [-0.4, -0.2) is 75.5 Å². The van der Waals surface area contributed by atoms with Crippen molar-refractivity contribution in [3.8, 4) is 0 Å². The van der Waals surface area contributed by atoms with Crippen LogP contribution in [0.3, 0.4) is 0 Å². The van der Waals surface area contributed by atoms with E-state index in [0.29, 0.717) is 50.7 Å². The van der Waals surface area contributed by atoms with Gasteiger partial charge in [0.15, 0.2) is 0 Å². The van der Waals surface area contributed by atoms with Crippen molar-refractivity contribution >= 4 is 30.8 Å². The van der Waals surface area contributed by atoms with Gasteiger partial charge in [0.2, 0.25) is 20.0 Å². The van der Waals surface area contributed by atoms with Crippen LogP contribution in [0.5, 0.6) is 0 Å². The lowest BCUT2D eigenvalue weighted by Crippen LogP contribution is -2.51. The maximum Gasteiger partial charge on any atom is 0.243 e. The zero-order valence-corrected chi connectivity index (χ0v) is 16.6. The molecule has 2 aliphatic rings. The summed E-state index contributed by atoms with van der Waals surface area (Å²) in [5, 5.41) is 1.91. The predicted octanol–water partition coefficient (Wildman–Crippen LogP) is 1.14. The number of rotatable bonds is 4. The molecule has 4 rings (SSSR count). The van der Waals surface area contributed by atoms with E-state index in [0.717, 1.165) is 10.8 Å². The van der Waals surface area contributed by atoms with E-state index < -0.39 is 20.0 Å². The Balaban J connectivity index is 1.45. The van der Waals surface area contributed by atoms with Crippen LogP contribution in [-0.2, 0) is 20.0 Å². The van der Waals surface area contributed by atoms with Gasteiger partial charge in [-0.2, -0.15) is 8.61 Å². The Labute approximate surface area is 160 Å². The van der Waals surface area contributed by atoms with E-state index in [4.69, 9.17) is 0 Å². The van der Waals surface area contributed by atoms with E-state index in [1.165, 1.54) is 8.61 Å². The smallest absolute Gasteiger partial charge is 0.243 e. The molecule has 7 nitrogen and oxygen atoms in total. The first-order valence-electron chi connectivity index (χ1n) is 9.05. The van der Waals surface area contributed by atoms with Crippen molar-refractivity contribution in [1.29, 1.82) is 0 Å². The third-order valence-corrected chi connectivity index (χ3v) is 9.03. The third kappa shape index (κ3) is 3.74. The number of sulfonamides is 2. The minimum Gasteiger partial charge on any atom is -0.287 e. The van der Waals surface area contributed by atoms with Gasteiger partial charge in [0, 0.05) is 32.7 Å². The molecule has 2 heterocycles. The van der Waals surface area contributed by atoms with Crippen LogP contribution in [0.1, 0.15) is 6.42 Å². The van der Waals surface area contributed by atoms with Crippen molar-refractivity contribution in [2.24, 2.45) is 0 Å². The highest BCUT2D eigenvalue weighted by Gasteiger charge is 2.33. The molecule has 0 bridgehead atoms. The molecule has 0 atom stereocenters. The molecule has 0 spiro atoms. The lowest BCUT2D eigenvalue weighted by molar-refractivity contribution is 0.145. The first-order chi connectivity index (χ1) is 12.9. The van der Waals surface area contributed by atoms with Crippen molar-refractivity contribution in [1.82, 2.24) is 13.5 Å². The van der Waals surface area contributed by atoms with E-state index in [1.807, 2.05) is 35.2 Å². The minimum atomic E-state index is -3.55. The zero-order valence-electron chi connectivity index (χ0n) is 15.0. The summed E-state index contributed by atoms with van der Waals surface area (Å²) in [6.07, 6.45) is 0.665. The summed E-state index contributed by atoms with van der Waals surface area (Å²) >= 11 is 0. The average Bonchev–Trinajstić information content (AvgIpc) is 3.00. The zero-order chi connectivity index (χ0) is 19.1. The van der Waals surface area contributed by atoms with Crippen LogP contribution in [0.2, 0.25) is 0 Å². The molecule has 2 saturated heterocycles. The number of benzene rings is 2. The summed E-state index contributed by atoms with van der Waals surface area (Å²) < 4.78 is 52.9. The van der Waals surface area contributed by atoms with Crippen molar-refractivity contribution in [2.45, 2.75) is 11.3 Å². The molecule has 146 valence electrons. The standard InChI is InChI=1S/C18H23N3O4S2/c22-26(23)13-3-8-21(26)15-19-9-11-20(12-10-19)27(24,25)18-7-6-16-4-1-2-5-17(16)14-18/h1-2,4-7,14H,3,8-13,15H2. The van der Waals surface area contributed by atoms with Gasteiger partial charge in [-0.3, -0.25) is 4.90 Å². The van der Waals surface area contributed by atoms with Crippen LogP contribution in [0, 0.1) is 0 Å². The van der Waals surface area contributed by atoms with Crippen molar-refractivity contribution in [3.63, 3.8) is 0 Å². The van der Waals surface area contributed by atoms with E-state index in [9.17, 15) is 16.8 Å². The monoisotopic (exact) mass is 409 g/mol. The number of hydrogen-bond acceptors (Lipinski definition) is 5. The summed E-state index contributed by atoms with van der Waals surface area (Å²) in [5.41, 5.74) is 0. The molecule has 0 N–H and O–H groups in total. The molecule has 2 aliphatic heterocycles. The molecular formula is C18H23N3O4S2. The largest absolute Gasteiger partial charge is 0.287 e. The topological polar surface area (TPSA) is 78.0 Å². The van der Waals surface area contributed by atoms with Gasteiger partial charge in [-0.1, -0.05) is 30.3 Å². The van der Waals surface area contributed by atoms with Crippen molar-refractivity contribution in [3.05, 3.63) is 42.5 Å². The Morgan fingerprint density at radius 3 is 2.26 bits per heavy atom. The first-order valence-corrected chi connectivity index (χ1v) is 12.1. The molecule has 2 aromatic rings. The van der Waals surface area contributed by atoms with Crippen LogP contribution in [0.4, 0.5) is 0 Å². The average molecular weight is 410 g/mol. The van der Waals surface area contributed by atoms with E-state index in [1.54, 1.807) is 12.1 Å². The van der Waals surface area contributed by atoms with Crippen molar-refractivity contribution < 1.29 is 16.8 Å². The van der Waals surface area contributed by atoms with E-state index >= 15 is 0 Å². The summed E-state index contributed by atoms with van der Waals surface area (Å²) in [5.74, 6) is 0.212. The normalized spacial score (nSPS) is 22.4. The molecule has 0 amide bonds. The lowest BCUT2D eigenvalue weighted by atomic mass is 10.1. The fourth-order valence-corrected chi connectivity index (χ4v) is 6.62. The molecule has 0 unspecified atom stereocenters. The summed E-state index contributed by atoms with van der Waals surface area (Å²) in [4.78, 5) is 2.31. The van der Waals surface area contributed by atoms with Gasteiger partial charge in [0.1, 0.15) is 0 Å². The third-order valence-electron chi connectivity index (χ3n) is 5.25. The fourth-order valence-electron chi connectivity index (χ4n) is 3.66. The highest BCUT2D eigenvalue weighted by molar-refractivity contribution is 7.89. The summed E-state index contributed by atoms with van der Waals surface area (Å²) in [7, 11) is -6.68. The van der Waals surface area contributed by atoms with Gasteiger partial charge in [-0.05, 0) is 29.3 Å². The number of hydrogen-bond donors (Lipinski definition) is 0. The molecule has 2 aromatic carbocycles. The second-order valence-corrected chi connectivity index (χ2v) is 11.0. The lowest BCUT2D eigenvalue weighted by Gasteiger charge is -2.35. The van der Waals surface area contributed by atoms with Gasteiger partial charge in [0.25, 0.3) is 0 Å². The fraction of sp³-hybridized carbons (Fsp3) is 0.444. The first kappa shape index (κ1) is 18.8. The molecule has 2 fully saturated rings. The van der Waals surface area contributed by atoms with Gasteiger partial charge in [-0.15, -0.1) is 0 Å². The van der Waals surface area contributed by atoms with Gasteiger partial charge in [0.05, 0.1) is 17.3 Å². The molecular weight excluding hydrogens is 386 g/mol. The highest BCUT2D eigenvalue weighted by Crippen LogP contribution is 2.23. The van der Waals surface area contributed by atoms with Gasteiger partial charge >= 0.3 is 0 Å². The van der Waals surface area contributed by atoms with Crippen LogP contribution < -0.4 is 0 Å². The SMILES string of the molecule is O=S1(=O)CCCN1CN1CCN(S(=O)(=O)c2ccc3ccccc3c2)CC1. The number of fused-ring (bicyclic) bond motifs is 1. The van der Waals surface area contributed by atoms with Crippen molar-refractivity contribution in [2.75, 3.05) is 45.1 Å². The minimum absolute atomic E-state index is 0.212. The van der Waals surface area contributed by atoms with E-state index in [-0.39, 0.29) is 5.75 Å². The maximum atomic E-state index is 13.0. The maximum absolute atomic E-state index is 13.0. The van der Waals surface area contributed by atoms with Gasteiger partial charge < -0.3 is 0 Å². The molecule has 27 heavy (non-hydrogen) atoms. The summed E-state index contributed by atoms with van der Waals surface area (Å²) in [6.45, 7) is 2.69. The molecule has 0 saturated carbocycles. The number of piperazine rings is 1. The van der Waals surface area contributed by atoms with Crippen LogP contribution in [0.15, 0.2) is 47.4 Å². The Morgan fingerprint density at radius 1 is 0.889 bits per heavy atom. The highest BCUT2D eigenvalue weighted by atomic mass is 32.2. The quantitative estimate of drug-likeness (QED) is 0.757. The summed E-state index contributed by atoms with van der Waals surface area (Å²) in [6, 6.07) is 12.9. The number of nitrogens with zero attached hydrogens (tertiary/aromatic N) is 3. The van der Waals surface area contributed by atoms with Crippen LogP contribution in [0.25, 0.3) is 10.8 Å². The second kappa shape index (κ2) is 7.14. The Hall–Kier alpha value is -1.52. The molecule has 0 aromatic heterocycles.